The van der Waals surface area contributed by atoms with E-state index in [4.69, 9.17) is 4.74 Å². The Morgan fingerprint density at radius 3 is 2.13 bits per heavy atom. The number of carbonyl (C=O) groups excluding carboxylic acids is 1. The van der Waals surface area contributed by atoms with Gasteiger partial charge in [-0.15, -0.1) is 0 Å². The fourth-order valence-electron chi connectivity index (χ4n) is 3.36. The molecule has 0 unspecified atom stereocenters. The lowest BCUT2D eigenvalue weighted by atomic mass is 9.93. The van der Waals surface area contributed by atoms with Crippen LogP contribution in [-0.4, -0.2) is 34.0 Å². The highest BCUT2D eigenvalue weighted by Gasteiger charge is 2.24. The molecule has 0 bridgehead atoms. The third-order valence-corrected chi connectivity index (χ3v) is 6.82. The molecule has 6 nitrogen and oxygen atoms in total. The van der Waals surface area contributed by atoms with Crippen molar-refractivity contribution < 1.29 is 17.9 Å². The number of rotatable bonds is 9. The highest BCUT2D eigenvalue weighted by molar-refractivity contribution is 7.91. The number of sulfone groups is 1. The van der Waals surface area contributed by atoms with Crippen LogP contribution >= 0.6 is 0 Å². The molecule has 1 amide bonds. The summed E-state index contributed by atoms with van der Waals surface area (Å²) in [6.07, 6.45) is 0. The number of ether oxygens (including phenoxy) is 1. The summed E-state index contributed by atoms with van der Waals surface area (Å²) in [5, 5.41) is 6.02. The van der Waals surface area contributed by atoms with Crippen molar-refractivity contribution in [1.82, 2.24) is 5.32 Å². The van der Waals surface area contributed by atoms with E-state index in [1.807, 2.05) is 6.92 Å². The number of anilines is 1. The van der Waals surface area contributed by atoms with Gasteiger partial charge in [0.1, 0.15) is 5.75 Å². The number of amides is 1. The van der Waals surface area contributed by atoms with Crippen molar-refractivity contribution in [3.8, 4) is 5.75 Å². The zero-order chi connectivity index (χ0) is 22.5. The fourth-order valence-corrected chi connectivity index (χ4v) is 4.81. The molecule has 2 aromatic carbocycles. The number of hydrogen-bond donors (Lipinski definition) is 2. The van der Waals surface area contributed by atoms with Crippen molar-refractivity contribution in [2.24, 2.45) is 11.8 Å². The Hall–Kier alpha value is -2.54. The van der Waals surface area contributed by atoms with Gasteiger partial charge in [-0.05, 0) is 43.0 Å². The largest absolute Gasteiger partial charge is 0.497 e. The number of benzene rings is 2. The second kappa shape index (κ2) is 9.98. The summed E-state index contributed by atoms with van der Waals surface area (Å²) in [6.45, 7) is 10.1. The molecule has 7 heteroatoms. The van der Waals surface area contributed by atoms with Crippen molar-refractivity contribution >= 4 is 21.4 Å². The lowest BCUT2D eigenvalue weighted by Gasteiger charge is -2.26. The third kappa shape index (κ3) is 5.75. The summed E-state index contributed by atoms with van der Waals surface area (Å²) in [4.78, 5) is 12.7. The highest BCUT2D eigenvalue weighted by atomic mass is 32.2. The van der Waals surface area contributed by atoms with Gasteiger partial charge in [-0.25, -0.2) is 8.42 Å². The summed E-state index contributed by atoms with van der Waals surface area (Å²) in [6, 6.07) is 11.5. The van der Waals surface area contributed by atoms with Crippen LogP contribution in [0.1, 0.15) is 33.3 Å². The second-order valence-electron chi connectivity index (χ2n) is 8.11. The molecular weight excluding hydrogens is 400 g/mol. The van der Waals surface area contributed by atoms with Crippen LogP contribution in [0.15, 0.2) is 52.3 Å². The molecule has 0 saturated carbocycles. The van der Waals surface area contributed by atoms with Crippen LogP contribution in [0.5, 0.6) is 5.75 Å². The van der Waals surface area contributed by atoms with Crippen molar-refractivity contribution in [3.05, 3.63) is 48.0 Å². The minimum Gasteiger partial charge on any atom is -0.497 e. The van der Waals surface area contributed by atoms with Crippen molar-refractivity contribution in [2.75, 3.05) is 19.0 Å². The average molecular weight is 433 g/mol. The van der Waals surface area contributed by atoms with Crippen LogP contribution in [0, 0.1) is 18.8 Å². The van der Waals surface area contributed by atoms with E-state index in [0.717, 1.165) is 5.56 Å². The topological polar surface area (TPSA) is 84.5 Å². The van der Waals surface area contributed by atoms with Crippen molar-refractivity contribution in [2.45, 2.75) is 50.5 Å². The quantitative estimate of drug-likeness (QED) is 0.625. The number of hydrogen-bond acceptors (Lipinski definition) is 5. The molecule has 0 fully saturated rings. The summed E-state index contributed by atoms with van der Waals surface area (Å²) in [5.74, 6) is 0.840. The highest BCUT2D eigenvalue weighted by Crippen LogP contribution is 2.31. The standard InChI is InChI=1S/C23H32N2O4S/c1-15(2)23(16(3)4)25-22(26)14-24-20-12-9-18(29-6)13-21(20)30(27,28)19-10-7-17(5)8-11-19/h7-13,15-16,23-24H,14H2,1-6H3,(H,25,26). The van der Waals surface area contributed by atoms with E-state index in [1.165, 1.54) is 13.2 Å². The molecular formula is C23H32N2O4S. The zero-order valence-corrected chi connectivity index (χ0v) is 19.3. The van der Waals surface area contributed by atoms with Gasteiger partial charge in [-0.1, -0.05) is 45.4 Å². The maximum Gasteiger partial charge on any atom is 0.239 e. The Balaban J connectivity index is 2.29. The molecule has 2 N–H and O–H groups in total. The lowest BCUT2D eigenvalue weighted by molar-refractivity contribution is -0.120. The molecule has 0 spiro atoms. The van der Waals surface area contributed by atoms with Crippen LogP contribution in [0.4, 0.5) is 5.69 Å². The van der Waals surface area contributed by atoms with Gasteiger partial charge in [-0.3, -0.25) is 4.79 Å². The molecule has 0 aliphatic heterocycles. The first kappa shape index (κ1) is 23.7. The molecule has 0 atom stereocenters. The summed E-state index contributed by atoms with van der Waals surface area (Å²) < 4.78 is 31.7. The Bertz CT molecular complexity index is 959. The van der Waals surface area contributed by atoms with Gasteiger partial charge in [0, 0.05) is 12.1 Å². The monoisotopic (exact) mass is 432 g/mol. The van der Waals surface area contributed by atoms with E-state index in [1.54, 1.807) is 36.4 Å². The lowest BCUT2D eigenvalue weighted by Crippen LogP contribution is -2.44. The first-order valence-electron chi connectivity index (χ1n) is 10.1. The van der Waals surface area contributed by atoms with Crippen LogP contribution in [0.3, 0.4) is 0 Å². The van der Waals surface area contributed by atoms with E-state index in [-0.39, 0.29) is 28.3 Å². The molecule has 30 heavy (non-hydrogen) atoms. The predicted molar refractivity (Wildman–Crippen MR) is 120 cm³/mol. The van der Waals surface area contributed by atoms with Crippen LogP contribution < -0.4 is 15.4 Å². The first-order chi connectivity index (χ1) is 14.1. The molecule has 2 rings (SSSR count). The Morgan fingerprint density at radius 2 is 1.60 bits per heavy atom. The van der Waals surface area contributed by atoms with Crippen LogP contribution in [-0.2, 0) is 14.6 Å². The van der Waals surface area contributed by atoms with Gasteiger partial charge in [0.05, 0.1) is 29.1 Å². The zero-order valence-electron chi connectivity index (χ0n) is 18.5. The Morgan fingerprint density at radius 1 is 1.00 bits per heavy atom. The minimum absolute atomic E-state index is 0.0291. The molecule has 0 aliphatic rings. The summed E-state index contributed by atoms with van der Waals surface area (Å²) in [5.41, 5.74) is 1.33. The molecule has 0 heterocycles. The summed E-state index contributed by atoms with van der Waals surface area (Å²) in [7, 11) is -2.31. The maximum atomic E-state index is 13.2. The SMILES string of the molecule is COc1ccc(NCC(=O)NC(C(C)C)C(C)C)c(S(=O)(=O)c2ccc(C)cc2)c1. The normalized spacial score (nSPS) is 11.8. The van der Waals surface area contributed by atoms with E-state index in [9.17, 15) is 13.2 Å². The first-order valence-corrected chi connectivity index (χ1v) is 11.6. The fraction of sp³-hybridized carbons (Fsp3) is 0.435. The smallest absolute Gasteiger partial charge is 0.239 e. The van der Waals surface area contributed by atoms with Gasteiger partial charge in [-0.2, -0.15) is 0 Å². The van der Waals surface area contributed by atoms with Gasteiger partial charge in [0.25, 0.3) is 0 Å². The van der Waals surface area contributed by atoms with Gasteiger partial charge in [0.15, 0.2) is 0 Å². The number of aryl methyl sites for hydroxylation is 1. The Labute approximate surface area is 180 Å². The van der Waals surface area contributed by atoms with Crippen molar-refractivity contribution in [3.63, 3.8) is 0 Å². The van der Waals surface area contributed by atoms with E-state index in [0.29, 0.717) is 23.3 Å². The molecule has 0 radical (unpaired) electrons. The average Bonchev–Trinajstić information content (AvgIpc) is 2.70. The predicted octanol–water partition coefficient (Wildman–Crippen LogP) is 4.05. The van der Waals surface area contributed by atoms with E-state index in [2.05, 4.69) is 38.3 Å². The number of nitrogens with one attached hydrogen (secondary N) is 2. The number of methoxy groups -OCH3 is 1. The number of carbonyl (C=O) groups is 1. The molecule has 164 valence electrons. The second-order valence-corrected chi connectivity index (χ2v) is 10.0. The maximum absolute atomic E-state index is 13.2. The molecule has 0 saturated heterocycles. The van der Waals surface area contributed by atoms with Gasteiger partial charge < -0.3 is 15.4 Å². The third-order valence-electron chi connectivity index (χ3n) is 5.01. The van der Waals surface area contributed by atoms with Crippen LogP contribution in [0.2, 0.25) is 0 Å². The summed E-state index contributed by atoms with van der Waals surface area (Å²) >= 11 is 0. The molecule has 0 aromatic heterocycles. The molecule has 0 aliphatic carbocycles. The Kier molecular flexibility index (Phi) is 7.89. The van der Waals surface area contributed by atoms with E-state index >= 15 is 0 Å². The minimum atomic E-state index is -3.79. The molecule has 2 aromatic rings. The van der Waals surface area contributed by atoms with Gasteiger partial charge >= 0.3 is 0 Å². The van der Waals surface area contributed by atoms with Crippen molar-refractivity contribution in [1.29, 1.82) is 0 Å². The van der Waals surface area contributed by atoms with E-state index < -0.39 is 9.84 Å². The van der Waals surface area contributed by atoms with Gasteiger partial charge in [0.2, 0.25) is 15.7 Å². The van der Waals surface area contributed by atoms with Crippen LogP contribution in [0.25, 0.3) is 0 Å².